The number of phosphoric ester groups is 1. The van der Waals surface area contributed by atoms with E-state index in [1.54, 1.807) is 13.8 Å². The van der Waals surface area contributed by atoms with Gasteiger partial charge in [0.25, 0.3) is 0 Å². The average Bonchev–Trinajstić information content (AvgIpc) is 2.67. The lowest BCUT2D eigenvalue weighted by atomic mass is 9.84. The lowest BCUT2D eigenvalue weighted by Crippen LogP contribution is -2.61. The number of aliphatic hydroxyl groups excluding tert-OH is 5. The summed E-state index contributed by atoms with van der Waals surface area (Å²) in [4.78, 5) is 9.28. The van der Waals surface area contributed by atoms with Gasteiger partial charge in [0, 0.05) is 7.11 Å². The molecule has 2 heterocycles. The van der Waals surface area contributed by atoms with Crippen LogP contribution in [-0.2, 0) is 27.8 Å². The fourth-order valence-electron chi connectivity index (χ4n) is 3.12. The monoisotopic (exact) mass is 432 g/mol. The van der Waals surface area contributed by atoms with Gasteiger partial charge in [0.15, 0.2) is 12.6 Å². The first kappa shape index (κ1) is 24.1. The van der Waals surface area contributed by atoms with Gasteiger partial charge in [0.1, 0.15) is 30.5 Å². The van der Waals surface area contributed by atoms with E-state index in [4.69, 9.17) is 14.2 Å². The Kier molecular flexibility index (Phi) is 8.36. The molecule has 2 aliphatic rings. The van der Waals surface area contributed by atoms with Crippen molar-refractivity contribution >= 4 is 7.82 Å². The lowest BCUT2D eigenvalue weighted by Gasteiger charge is -2.45. The summed E-state index contributed by atoms with van der Waals surface area (Å²) in [5, 5.41) is 50.0. The van der Waals surface area contributed by atoms with Crippen LogP contribution in [-0.4, -0.2) is 100.0 Å². The highest BCUT2D eigenvalue weighted by Gasteiger charge is 2.48. The second-order valence-electron chi connectivity index (χ2n) is 7.03. The molecule has 11 unspecified atom stereocenters. The SMILES string of the molecule is COP(=O)(O)OCC1OC(OC2OC(CO)C(C)C(C)C2O)C(O)C(O)C1O. The van der Waals surface area contributed by atoms with E-state index in [1.165, 1.54) is 0 Å². The molecule has 13 heteroatoms. The molecule has 12 nitrogen and oxygen atoms in total. The molecule has 2 fully saturated rings. The molecule has 0 amide bonds. The van der Waals surface area contributed by atoms with E-state index in [-0.39, 0.29) is 18.4 Å². The fraction of sp³-hybridized carbons (Fsp3) is 1.00. The second kappa shape index (κ2) is 9.73. The molecule has 0 aromatic carbocycles. The fourth-order valence-corrected chi connectivity index (χ4v) is 3.56. The van der Waals surface area contributed by atoms with Gasteiger partial charge in [-0.2, -0.15) is 0 Å². The van der Waals surface area contributed by atoms with Crippen molar-refractivity contribution < 1.29 is 58.2 Å². The van der Waals surface area contributed by atoms with Crippen molar-refractivity contribution in [3.63, 3.8) is 0 Å². The Hall–Kier alpha value is -0.210. The second-order valence-corrected chi connectivity index (χ2v) is 8.59. The smallest absolute Gasteiger partial charge is 0.394 e. The molecule has 2 saturated heterocycles. The molecule has 0 saturated carbocycles. The van der Waals surface area contributed by atoms with E-state index in [0.717, 1.165) is 7.11 Å². The van der Waals surface area contributed by atoms with Crippen LogP contribution >= 0.6 is 7.82 Å². The molecule has 0 spiro atoms. The Balaban J connectivity index is 2.07. The Bertz CT molecular complexity index is 547. The third kappa shape index (κ3) is 5.28. The van der Waals surface area contributed by atoms with Crippen LogP contribution in [0.1, 0.15) is 13.8 Å². The molecular formula is C15H29O12P. The molecule has 0 radical (unpaired) electrons. The minimum atomic E-state index is -4.36. The van der Waals surface area contributed by atoms with E-state index in [0.29, 0.717) is 0 Å². The standard InChI is InChI=1S/C15H29O12P/c1-6-7(2)10(17)14(25-8(6)4-16)27-15-13(20)12(19)11(18)9(26-15)5-24-28(21,22)23-3/h6-20H,4-5H2,1-3H3,(H,21,22). The summed E-state index contributed by atoms with van der Waals surface area (Å²) >= 11 is 0. The highest BCUT2D eigenvalue weighted by atomic mass is 31.2. The lowest BCUT2D eigenvalue weighted by molar-refractivity contribution is -0.368. The first-order valence-electron chi connectivity index (χ1n) is 8.85. The van der Waals surface area contributed by atoms with Crippen molar-refractivity contribution in [2.45, 2.75) is 63.1 Å². The molecule has 11 atom stereocenters. The zero-order chi connectivity index (χ0) is 21.2. The van der Waals surface area contributed by atoms with Crippen LogP contribution < -0.4 is 0 Å². The highest BCUT2D eigenvalue weighted by Crippen LogP contribution is 2.42. The van der Waals surface area contributed by atoms with E-state index in [2.05, 4.69) is 9.05 Å². The van der Waals surface area contributed by atoms with Crippen LogP contribution in [0, 0.1) is 11.8 Å². The van der Waals surface area contributed by atoms with Crippen molar-refractivity contribution in [2.24, 2.45) is 11.8 Å². The van der Waals surface area contributed by atoms with Gasteiger partial charge in [0.05, 0.1) is 19.3 Å². The van der Waals surface area contributed by atoms with E-state index in [9.17, 15) is 35.0 Å². The Morgan fingerprint density at radius 1 is 0.893 bits per heavy atom. The maximum atomic E-state index is 11.4. The van der Waals surface area contributed by atoms with Crippen LogP contribution in [0.5, 0.6) is 0 Å². The molecule has 2 aliphatic heterocycles. The Labute approximate surface area is 162 Å². The van der Waals surface area contributed by atoms with Crippen molar-refractivity contribution in [1.29, 1.82) is 0 Å². The van der Waals surface area contributed by atoms with Gasteiger partial charge in [-0.1, -0.05) is 13.8 Å². The Morgan fingerprint density at radius 3 is 2.04 bits per heavy atom. The first-order valence-corrected chi connectivity index (χ1v) is 10.3. The highest BCUT2D eigenvalue weighted by molar-refractivity contribution is 7.47. The van der Waals surface area contributed by atoms with E-state index < -0.39 is 63.6 Å². The van der Waals surface area contributed by atoms with Crippen LogP contribution in [0.15, 0.2) is 0 Å². The zero-order valence-electron chi connectivity index (χ0n) is 15.8. The Morgan fingerprint density at radius 2 is 1.46 bits per heavy atom. The summed E-state index contributed by atoms with van der Waals surface area (Å²) in [5.74, 6) is -0.480. The molecule has 0 aliphatic carbocycles. The maximum Gasteiger partial charge on any atom is 0.472 e. The van der Waals surface area contributed by atoms with Crippen molar-refractivity contribution in [3.8, 4) is 0 Å². The van der Waals surface area contributed by atoms with Gasteiger partial charge in [-0.05, 0) is 11.8 Å². The molecular weight excluding hydrogens is 403 g/mol. The maximum absolute atomic E-state index is 11.4. The van der Waals surface area contributed by atoms with Crippen LogP contribution in [0.2, 0.25) is 0 Å². The summed E-state index contributed by atoms with van der Waals surface area (Å²) in [7, 11) is -3.41. The van der Waals surface area contributed by atoms with Gasteiger partial charge in [-0.15, -0.1) is 0 Å². The van der Waals surface area contributed by atoms with Crippen LogP contribution in [0.3, 0.4) is 0 Å². The molecule has 0 bridgehead atoms. The largest absolute Gasteiger partial charge is 0.472 e. The van der Waals surface area contributed by atoms with Crippen LogP contribution in [0.25, 0.3) is 0 Å². The normalized spacial score (nSPS) is 46.9. The predicted molar refractivity (Wildman–Crippen MR) is 90.6 cm³/mol. The zero-order valence-corrected chi connectivity index (χ0v) is 16.7. The van der Waals surface area contributed by atoms with Gasteiger partial charge in [-0.25, -0.2) is 4.57 Å². The topological polar surface area (TPSA) is 185 Å². The average molecular weight is 432 g/mol. The minimum Gasteiger partial charge on any atom is -0.394 e. The number of aliphatic hydroxyl groups is 5. The minimum absolute atomic E-state index is 0.168. The number of phosphoric acid groups is 1. The van der Waals surface area contributed by atoms with Gasteiger partial charge in [0.2, 0.25) is 0 Å². The van der Waals surface area contributed by atoms with E-state index in [1.807, 2.05) is 0 Å². The third-order valence-electron chi connectivity index (χ3n) is 5.29. The predicted octanol–water partition coefficient (Wildman–Crippen LogP) is -2.08. The van der Waals surface area contributed by atoms with Crippen molar-refractivity contribution in [2.75, 3.05) is 20.3 Å². The van der Waals surface area contributed by atoms with Crippen LogP contribution in [0.4, 0.5) is 0 Å². The first-order chi connectivity index (χ1) is 13.0. The van der Waals surface area contributed by atoms with Gasteiger partial charge >= 0.3 is 7.82 Å². The van der Waals surface area contributed by atoms with Crippen molar-refractivity contribution in [1.82, 2.24) is 0 Å². The molecule has 6 N–H and O–H groups in total. The summed E-state index contributed by atoms with van der Waals surface area (Å²) in [6.07, 6.45) is -11.0. The van der Waals surface area contributed by atoms with Crippen molar-refractivity contribution in [3.05, 3.63) is 0 Å². The molecule has 2 rings (SSSR count). The summed E-state index contributed by atoms with van der Waals surface area (Å²) in [6, 6.07) is 0. The molecule has 0 aromatic rings. The van der Waals surface area contributed by atoms with Gasteiger partial charge in [-0.3, -0.25) is 9.05 Å². The van der Waals surface area contributed by atoms with E-state index >= 15 is 0 Å². The van der Waals surface area contributed by atoms with Gasteiger partial charge < -0.3 is 44.6 Å². The molecule has 28 heavy (non-hydrogen) atoms. The summed E-state index contributed by atoms with van der Waals surface area (Å²) in [6.45, 7) is 2.58. The number of hydrogen-bond acceptors (Lipinski definition) is 11. The number of ether oxygens (including phenoxy) is 3. The third-order valence-corrected chi connectivity index (χ3v) is 6.23. The summed E-state index contributed by atoms with van der Waals surface area (Å²) < 4.78 is 36.6. The number of rotatable bonds is 7. The molecule has 0 aromatic heterocycles. The quantitative estimate of drug-likeness (QED) is 0.242. The molecule has 166 valence electrons. The summed E-state index contributed by atoms with van der Waals surface area (Å²) in [5.41, 5.74) is 0. The number of hydrogen-bond donors (Lipinski definition) is 6.